The van der Waals surface area contributed by atoms with Crippen molar-refractivity contribution in [2.75, 3.05) is 18.0 Å². The van der Waals surface area contributed by atoms with Crippen LogP contribution in [0.25, 0.3) is 0 Å². The van der Waals surface area contributed by atoms with Crippen molar-refractivity contribution in [2.24, 2.45) is 5.92 Å². The highest BCUT2D eigenvalue weighted by atomic mass is 32.1. The number of carbonyl (C=O) groups excluding carboxylic acids is 1. The Bertz CT molecular complexity index is 692. The van der Waals surface area contributed by atoms with Gasteiger partial charge in [-0.25, -0.2) is 9.97 Å². The Morgan fingerprint density at radius 3 is 2.79 bits per heavy atom. The maximum absolute atomic E-state index is 12.4. The molecule has 4 rings (SSSR count). The van der Waals surface area contributed by atoms with Gasteiger partial charge in [-0.3, -0.25) is 9.78 Å². The molecule has 1 N–H and O–H groups in total. The summed E-state index contributed by atoms with van der Waals surface area (Å²) in [5, 5.41) is 6.36. The fraction of sp³-hybridized carbons (Fsp3) is 0.529. The first-order valence-electron chi connectivity index (χ1n) is 8.52. The van der Waals surface area contributed by atoms with Crippen molar-refractivity contribution in [2.45, 2.75) is 38.1 Å². The lowest BCUT2D eigenvalue weighted by Gasteiger charge is -2.31. The van der Waals surface area contributed by atoms with Crippen molar-refractivity contribution < 1.29 is 4.79 Å². The zero-order valence-electron chi connectivity index (χ0n) is 13.5. The van der Waals surface area contributed by atoms with E-state index >= 15 is 0 Å². The predicted octanol–water partition coefficient (Wildman–Crippen LogP) is 2.34. The standard InChI is InChI=1S/C17H21N5OS/c23-16(20-9-14-11-24-17(21-14)13-1-2-13)12-3-7-22(8-4-12)15-10-18-5-6-19-15/h5-6,10-13H,1-4,7-9H2,(H,20,23). The topological polar surface area (TPSA) is 71.0 Å². The molecule has 0 unspecified atom stereocenters. The summed E-state index contributed by atoms with van der Waals surface area (Å²) in [6.45, 7) is 2.24. The highest BCUT2D eigenvalue weighted by Crippen LogP contribution is 2.41. The predicted molar refractivity (Wildman–Crippen MR) is 92.9 cm³/mol. The third-order valence-electron chi connectivity index (χ3n) is 4.68. The van der Waals surface area contributed by atoms with Gasteiger partial charge in [0.2, 0.25) is 5.91 Å². The lowest BCUT2D eigenvalue weighted by atomic mass is 9.96. The summed E-state index contributed by atoms with van der Waals surface area (Å²) in [5.41, 5.74) is 0.993. The Labute approximate surface area is 145 Å². The number of nitrogens with zero attached hydrogens (tertiary/aromatic N) is 4. The smallest absolute Gasteiger partial charge is 0.223 e. The van der Waals surface area contributed by atoms with Crippen LogP contribution in [0.15, 0.2) is 24.0 Å². The van der Waals surface area contributed by atoms with Crippen LogP contribution in [0.4, 0.5) is 5.82 Å². The molecule has 1 aliphatic carbocycles. The lowest BCUT2D eigenvalue weighted by molar-refractivity contribution is -0.125. The van der Waals surface area contributed by atoms with Gasteiger partial charge in [0.25, 0.3) is 0 Å². The highest BCUT2D eigenvalue weighted by molar-refractivity contribution is 7.09. The minimum Gasteiger partial charge on any atom is -0.355 e. The number of hydrogen-bond donors (Lipinski definition) is 1. The van der Waals surface area contributed by atoms with Crippen LogP contribution in [0.3, 0.4) is 0 Å². The van der Waals surface area contributed by atoms with Gasteiger partial charge < -0.3 is 10.2 Å². The van der Waals surface area contributed by atoms with Gasteiger partial charge >= 0.3 is 0 Å². The van der Waals surface area contributed by atoms with Crippen molar-refractivity contribution >= 4 is 23.1 Å². The summed E-state index contributed by atoms with van der Waals surface area (Å²) in [5.74, 6) is 1.81. The van der Waals surface area contributed by atoms with Gasteiger partial charge in [-0.15, -0.1) is 11.3 Å². The molecule has 126 valence electrons. The molecule has 6 nitrogen and oxygen atoms in total. The van der Waals surface area contributed by atoms with E-state index in [1.807, 2.05) is 0 Å². The zero-order valence-corrected chi connectivity index (χ0v) is 14.3. The molecular weight excluding hydrogens is 322 g/mol. The number of amides is 1. The number of anilines is 1. The fourth-order valence-electron chi connectivity index (χ4n) is 3.07. The van der Waals surface area contributed by atoms with Crippen LogP contribution in [0, 0.1) is 5.92 Å². The SMILES string of the molecule is O=C(NCc1csc(C2CC2)n1)C1CCN(c2cnccn2)CC1. The van der Waals surface area contributed by atoms with E-state index in [4.69, 9.17) is 0 Å². The Kier molecular flexibility index (Phi) is 4.42. The molecule has 0 radical (unpaired) electrons. The molecule has 2 aromatic rings. The Balaban J connectivity index is 1.25. The summed E-state index contributed by atoms with van der Waals surface area (Å²) in [7, 11) is 0. The van der Waals surface area contributed by atoms with Gasteiger partial charge in [0, 0.05) is 42.7 Å². The summed E-state index contributed by atoms with van der Waals surface area (Å²) in [4.78, 5) is 27.6. The van der Waals surface area contributed by atoms with Crippen molar-refractivity contribution in [3.63, 3.8) is 0 Å². The molecule has 1 amide bonds. The van der Waals surface area contributed by atoms with Gasteiger partial charge in [-0.2, -0.15) is 0 Å². The molecule has 24 heavy (non-hydrogen) atoms. The molecule has 0 bridgehead atoms. The minimum absolute atomic E-state index is 0.0828. The molecular formula is C17H21N5OS. The first-order valence-corrected chi connectivity index (χ1v) is 9.40. The normalized spacial score (nSPS) is 18.6. The van der Waals surface area contributed by atoms with Gasteiger partial charge in [-0.05, 0) is 25.7 Å². The largest absolute Gasteiger partial charge is 0.355 e. The summed E-state index contributed by atoms with van der Waals surface area (Å²) in [6, 6.07) is 0. The van der Waals surface area contributed by atoms with E-state index in [1.165, 1.54) is 17.8 Å². The first kappa shape index (κ1) is 15.5. The third kappa shape index (κ3) is 3.56. The van der Waals surface area contributed by atoms with Crippen molar-refractivity contribution in [3.05, 3.63) is 34.7 Å². The second-order valence-corrected chi connectivity index (χ2v) is 7.38. The van der Waals surface area contributed by atoms with E-state index in [1.54, 1.807) is 29.9 Å². The average Bonchev–Trinajstić information content (AvgIpc) is 3.39. The Morgan fingerprint density at radius 2 is 2.08 bits per heavy atom. The molecule has 3 heterocycles. The van der Waals surface area contributed by atoms with E-state index in [2.05, 4.69) is 30.5 Å². The Morgan fingerprint density at radius 1 is 1.25 bits per heavy atom. The lowest BCUT2D eigenvalue weighted by Crippen LogP contribution is -2.40. The number of carbonyl (C=O) groups is 1. The highest BCUT2D eigenvalue weighted by Gasteiger charge is 2.27. The molecule has 0 aromatic carbocycles. The fourth-order valence-corrected chi connectivity index (χ4v) is 4.06. The van der Waals surface area contributed by atoms with Crippen molar-refractivity contribution in [1.82, 2.24) is 20.3 Å². The van der Waals surface area contributed by atoms with E-state index in [0.717, 1.165) is 37.4 Å². The number of hydrogen-bond acceptors (Lipinski definition) is 6. The first-order chi connectivity index (χ1) is 11.8. The van der Waals surface area contributed by atoms with Crippen LogP contribution in [-0.2, 0) is 11.3 Å². The zero-order chi connectivity index (χ0) is 16.4. The van der Waals surface area contributed by atoms with Crippen LogP contribution in [-0.4, -0.2) is 33.9 Å². The molecule has 2 aromatic heterocycles. The monoisotopic (exact) mass is 343 g/mol. The molecule has 1 saturated heterocycles. The van der Waals surface area contributed by atoms with Crippen LogP contribution >= 0.6 is 11.3 Å². The quantitative estimate of drug-likeness (QED) is 0.902. The summed E-state index contributed by atoms with van der Waals surface area (Å²) >= 11 is 1.72. The molecule has 2 aliphatic rings. The van der Waals surface area contributed by atoms with Crippen LogP contribution in [0.2, 0.25) is 0 Å². The Hall–Kier alpha value is -2.02. The molecule has 1 aliphatic heterocycles. The van der Waals surface area contributed by atoms with E-state index in [9.17, 15) is 4.79 Å². The van der Waals surface area contributed by atoms with Gasteiger partial charge in [-0.1, -0.05) is 0 Å². The number of rotatable bonds is 5. The maximum Gasteiger partial charge on any atom is 0.223 e. The van der Waals surface area contributed by atoms with Crippen molar-refractivity contribution in [3.8, 4) is 0 Å². The van der Waals surface area contributed by atoms with Crippen LogP contribution < -0.4 is 10.2 Å². The van der Waals surface area contributed by atoms with Gasteiger partial charge in [0.1, 0.15) is 5.82 Å². The van der Waals surface area contributed by atoms with E-state index in [-0.39, 0.29) is 11.8 Å². The summed E-state index contributed by atoms with van der Waals surface area (Å²) in [6.07, 6.45) is 9.40. The van der Waals surface area contributed by atoms with Crippen LogP contribution in [0.1, 0.15) is 42.3 Å². The maximum atomic E-state index is 12.4. The number of nitrogens with one attached hydrogen (secondary N) is 1. The van der Waals surface area contributed by atoms with Crippen molar-refractivity contribution in [1.29, 1.82) is 0 Å². The minimum atomic E-state index is 0.0828. The molecule has 7 heteroatoms. The molecule has 0 spiro atoms. The number of aromatic nitrogens is 3. The number of piperidine rings is 1. The summed E-state index contributed by atoms with van der Waals surface area (Å²) < 4.78 is 0. The molecule has 0 atom stereocenters. The molecule has 2 fully saturated rings. The van der Waals surface area contributed by atoms with Crippen LogP contribution in [0.5, 0.6) is 0 Å². The van der Waals surface area contributed by atoms with E-state index in [0.29, 0.717) is 12.5 Å². The average molecular weight is 343 g/mol. The van der Waals surface area contributed by atoms with E-state index < -0.39 is 0 Å². The molecule has 1 saturated carbocycles. The second-order valence-electron chi connectivity index (χ2n) is 6.49. The third-order valence-corrected chi connectivity index (χ3v) is 5.74. The van der Waals surface area contributed by atoms with Gasteiger partial charge in [0.15, 0.2) is 0 Å². The van der Waals surface area contributed by atoms with Gasteiger partial charge in [0.05, 0.1) is 23.4 Å². The number of thiazole rings is 1. The second kappa shape index (κ2) is 6.84.